The molecule has 2 amide bonds. The third-order valence-corrected chi connectivity index (χ3v) is 6.70. The average molecular weight is 671 g/mol. The minimum absolute atomic E-state index is 0.00624. The van der Waals surface area contributed by atoms with Crippen molar-refractivity contribution in [3.8, 4) is 5.82 Å². The van der Waals surface area contributed by atoms with E-state index in [-0.39, 0.29) is 40.7 Å². The van der Waals surface area contributed by atoms with Gasteiger partial charge in [0.25, 0.3) is 11.8 Å². The molecule has 0 aliphatic heterocycles. The van der Waals surface area contributed by atoms with Crippen LogP contribution >= 0.6 is 34.2 Å². The Balaban J connectivity index is 1.51. The monoisotopic (exact) mass is 670 g/mol. The van der Waals surface area contributed by atoms with Gasteiger partial charge in [0.2, 0.25) is 0 Å². The van der Waals surface area contributed by atoms with Gasteiger partial charge in [-0.15, -0.1) is 5.10 Å². The van der Waals surface area contributed by atoms with Gasteiger partial charge in [0, 0.05) is 15.8 Å². The number of aryl methyl sites for hydroxylation is 1. The Labute approximate surface area is 238 Å². The number of aromatic nitrogens is 6. The molecule has 0 spiro atoms. The lowest BCUT2D eigenvalue weighted by atomic mass is 10.1. The molecule has 4 aromatic rings. The van der Waals surface area contributed by atoms with Crippen LogP contribution in [0.25, 0.3) is 5.82 Å². The summed E-state index contributed by atoms with van der Waals surface area (Å²) in [5.41, 5.74) is 0.342. The van der Waals surface area contributed by atoms with Gasteiger partial charge in [0.15, 0.2) is 11.5 Å². The maximum atomic E-state index is 13.6. The molecule has 15 heteroatoms. The summed E-state index contributed by atoms with van der Waals surface area (Å²) in [6, 6.07) is 8.17. The van der Waals surface area contributed by atoms with Gasteiger partial charge in [-0.2, -0.15) is 18.3 Å². The number of anilines is 1. The largest absolute Gasteiger partial charge is 0.436 e. The number of rotatable bonds is 7. The van der Waals surface area contributed by atoms with Gasteiger partial charge in [0.05, 0.1) is 34.7 Å². The molecule has 3 heterocycles. The summed E-state index contributed by atoms with van der Waals surface area (Å²) >= 11 is 8.42. The van der Waals surface area contributed by atoms with Crippen LogP contribution in [0, 0.1) is 10.5 Å². The van der Waals surface area contributed by atoms with Crippen LogP contribution in [-0.2, 0) is 12.7 Å². The van der Waals surface area contributed by atoms with Crippen LogP contribution < -0.4 is 10.6 Å². The Kier molecular flexibility index (Phi) is 7.33. The van der Waals surface area contributed by atoms with Crippen LogP contribution in [0.1, 0.15) is 50.6 Å². The number of pyridine rings is 1. The zero-order chi connectivity index (χ0) is 27.9. The normalized spacial score (nSPS) is 13.4. The summed E-state index contributed by atoms with van der Waals surface area (Å²) in [5.74, 6) is -0.797. The van der Waals surface area contributed by atoms with Crippen LogP contribution in [-0.4, -0.2) is 47.6 Å². The third kappa shape index (κ3) is 6.06. The molecule has 202 valence electrons. The molecule has 2 N–H and O–H groups in total. The number of nitrogens with zero attached hydrogens (tertiary/aromatic N) is 6. The number of hydrogen-bond acceptors (Lipinski definition) is 6. The highest BCUT2D eigenvalue weighted by molar-refractivity contribution is 14.1. The molecule has 1 fully saturated rings. The Hall–Kier alpha value is -3.53. The molecule has 1 aliphatic carbocycles. The van der Waals surface area contributed by atoms with Crippen LogP contribution in [0.3, 0.4) is 0 Å². The van der Waals surface area contributed by atoms with Crippen LogP contribution in [0.4, 0.5) is 18.9 Å². The molecule has 39 heavy (non-hydrogen) atoms. The van der Waals surface area contributed by atoms with E-state index in [1.54, 1.807) is 25.1 Å². The van der Waals surface area contributed by atoms with Gasteiger partial charge in [-0.25, -0.2) is 14.3 Å². The maximum Gasteiger partial charge on any atom is 0.436 e. The second-order valence-corrected chi connectivity index (χ2v) is 10.5. The smallest absolute Gasteiger partial charge is 0.349 e. The number of carbonyl (C=O) groups is 2. The highest BCUT2D eigenvalue weighted by Crippen LogP contribution is 2.29. The number of amides is 2. The van der Waals surface area contributed by atoms with Crippen molar-refractivity contribution in [3.63, 3.8) is 0 Å². The number of benzene rings is 1. The van der Waals surface area contributed by atoms with Gasteiger partial charge in [0.1, 0.15) is 5.69 Å². The molecular formula is C24H19ClF3IN8O2. The Morgan fingerprint density at radius 1 is 1.21 bits per heavy atom. The minimum atomic E-state index is -4.65. The predicted octanol–water partition coefficient (Wildman–Crippen LogP) is 4.64. The van der Waals surface area contributed by atoms with Crippen molar-refractivity contribution in [1.82, 2.24) is 35.1 Å². The molecule has 10 nitrogen and oxygen atoms in total. The number of nitrogens with one attached hydrogen (secondary N) is 2. The summed E-state index contributed by atoms with van der Waals surface area (Å²) in [5, 5.41) is 17.0. The number of hydrogen-bond donors (Lipinski definition) is 2. The van der Waals surface area contributed by atoms with Crippen molar-refractivity contribution in [3.05, 3.63) is 79.5 Å². The molecule has 0 atom stereocenters. The molecule has 0 bridgehead atoms. The van der Waals surface area contributed by atoms with Gasteiger partial charge >= 0.3 is 6.18 Å². The highest BCUT2D eigenvalue weighted by Gasteiger charge is 2.34. The Morgan fingerprint density at radius 2 is 1.97 bits per heavy atom. The molecule has 1 aliphatic rings. The second kappa shape index (κ2) is 10.6. The van der Waals surface area contributed by atoms with E-state index in [4.69, 9.17) is 11.6 Å². The van der Waals surface area contributed by atoms with Crippen LogP contribution in [0.2, 0.25) is 5.02 Å². The van der Waals surface area contributed by atoms with Gasteiger partial charge < -0.3 is 10.6 Å². The first-order valence-corrected chi connectivity index (χ1v) is 13.0. The van der Waals surface area contributed by atoms with E-state index in [2.05, 4.69) is 53.6 Å². The second-order valence-electron chi connectivity index (χ2n) is 8.89. The predicted molar refractivity (Wildman–Crippen MR) is 143 cm³/mol. The first kappa shape index (κ1) is 27.1. The fourth-order valence-electron chi connectivity index (χ4n) is 3.79. The van der Waals surface area contributed by atoms with Crippen molar-refractivity contribution in [2.24, 2.45) is 0 Å². The van der Waals surface area contributed by atoms with Crippen LogP contribution in [0.5, 0.6) is 0 Å². The lowest BCUT2D eigenvalue weighted by Crippen LogP contribution is -2.28. The van der Waals surface area contributed by atoms with Crippen molar-refractivity contribution in [2.45, 2.75) is 38.5 Å². The summed E-state index contributed by atoms with van der Waals surface area (Å²) < 4.78 is 41.9. The first-order valence-electron chi connectivity index (χ1n) is 11.6. The SMILES string of the molecule is Cc1cc(I)cc(C(=O)NC2CC2)c1NC(=O)c1cc(Cn2cc(C(F)(F)F)nn2)nn1-c1ncccc1Cl. The summed E-state index contributed by atoms with van der Waals surface area (Å²) in [7, 11) is 0. The average Bonchev–Trinajstić information content (AvgIpc) is 3.37. The van der Waals surface area contributed by atoms with Gasteiger partial charge in [-0.3, -0.25) is 9.59 Å². The molecule has 0 radical (unpaired) electrons. The van der Waals surface area contributed by atoms with Gasteiger partial charge in [-0.05, 0) is 78.3 Å². The third-order valence-electron chi connectivity index (χ3n) is 5.78. The summed E-state index contributed by atoms with van der Waals surface area (Å²) in [4.78, 5) is 30.8. The van der Waals surface area contributed by atoms with Crippen molar-refractivity contribution >= 4 is 51.7 Å². The maximum absolute atomic E-state index is 13.6. The zero-order valence-corrected chi connectivity index (χ0v) is 23.0. The molecule has 3 aromatic heterocycles. The number of carbonyl (C=O) groups excluding carboxylic acids is 2. The van der Waals surface area contributed by atoms with E-state index in [0.29, 0.717) is 16.8 Å². The molecular weight excluding hydrogens is 652 g/mol. The lowest BCUT2D eigenvalue weighted by molar-refractivity contribution is -0.141. The summed E-state index contributed by atoms with van der Waals surface area (Å²) in [6.45, 7) is 1.56. The van der Waals surface area contributed by atoms with E-state index in [0.717, 1.165) is 27.3 Å². The van der Waals surface area contributed by atoms with E-state index in [1.807, 2.05) is 6.07 Å². The van der Waals surface area contributed by atoms with Crippen molar-refractivity contribution in [2.75, 3.05) is 5.32 Å². The first-order chi connectivity index (χ1) is 18.5. The highest BCUT2D eigenvalue weighted by atomic mass is 127. The molecule has 5 rings (SSSR count). The topological polar surface area (TPSA) is 120 Å². The van der Waals surface area contributed by atoms with E-state index < -0.39 is 17.8 Å². The van der Waals surface area contributed by atoms with E-state index >= 15 is 0 Å². The fourth-order valence-corrected chi connectivity index (χ4v) is 4.77. The summed E-state index contributed by atoms with van der Waals surface area (Å²) in [6.07, 6.45) is -0.648. The number of halogens is 5. The van der Waals surface area contributed by atoms with Crippen molar-refractivity contribution < 1.29 is 22.8 Å². The van der Waals surface area contributed by atoms with E-state index in [1.165, 1.54) is 16.9 Å². The van der Waals surface area contributed by atoms with Gasteiger partial charge in [-0.1, -0.05) is 16.8 Å². The molecule has 1 saturated carbocycles. The lowest BCUT2D eigenvalue weighted by Gasteiger charge is -2.15. The number of alkyl halides is 3. The van der Waals surface area contributed by atoms with Crippen LogP contribution in [0.15, 0.2) is 42.7 Å². The minimum Gasteiger partial charge on any atom is -0.349 e. The molecule has 0 saturated heterocycles. The molecule has 1 aromatic carbocycles. The Bertz CT molecular complexity index is 1580. The Morgan fingerprint density at radius 3 is 2.64 bits per heavy atom. The fraction of sp³-hybridized carbons (Fsp3) is 0.250. The zero-order valence-electron chi connectivity index (χ0n) is 20.1. The molecule has 0 unspecified atom stereocenters. The van der Waals surface area contributed by atoms with Crippen molar-refractivity contribution in [1.29, 1.82) is 0 Å². The quantitative estimate of drug-likeness (QED) is 0.277. The standard InChI is InChI=1S/C24H19ClF3IN8O2/c1-12-7-13(29)8-16(22(38)31-14-4-5-14)20(12)32-23(39)18-9-15(10-36-11-19(33-35-36)24(26,27)28)34-37(18)21-17(25)3-2-6-30-21/h2-3,6-9,11,14H,4-5,10H2,1H3,(H,31,38)(H,32,39). The van der Waals surface area contributed by atoms with E-state index in [9.17, 15) is 22.8 Å².